The van der Waals surface area contributed by atoms with E-state index in [4.69, 9.17) is 9.47 Å². The quantitative estimate of drug-likeness (QED) is 0.700. The Labute approximate surface area is 123 Å². The van der Waals surface area contributed by atoms with Crippen molar-refractivity contribution in [1.82, 2.24) is 0 Å². The number of Topliss-reactive ketones (excluding diaryl/α,β-unsaturated/α-hetero) is 1. The van der Waals surface area contributed by atoms with Crippen LogP contribution in [0.4, 0.5) is 4.39 Å². The second-order valence-electron chi connectivity index (χ2n) is 4.56. The monoisotopic (exact) mass is 288 g/mol. The molecule has 0 spiro atoms. The fourth-order valence-corrected chi connectivity index (χ4v) is 1.80. The Morgan fingerprint density at radius 1 is 0.952 bits per heavy atom. The highest BCUT2D eigenvalue weighted by atomic mass is 19.1. The second-order valence-corrected chi connectivity index (χ2v) is 4.56. The molecule has 3 nitrogen and oxygen atoms in total. The molecule has 0 N–H and O–H groups in total. The molecule has 0 saturated heterocycles. The standard InChI is InChI=1S/C17H17FO3/c18-15-8-6-14(7-9-15)12-16(19)13-20-10-11-21-17-4-2-1-3-5-17/h1-9H,10-13H2. The molecule has 0 saturated carbocycles. The predicted molar refractivity (Wildman–Crippen MR) is 77.9 cm³/mol. The third kappa shape index (κ3) is 5.75. The minimum atomic E-state index is -0.305. The van der Waals surface area contributed by atoms with Crippen molar-refractivity contribution in [2.45, 2.75) is 6.42 Å². The van der Waals surface area contributed by atoms with Crippen molar-refractivity contribution in [2.75, 3.05) is 19.8 Å². The van der Waals surface area contributed by atoms with E-state index in [1.807, 2.05) is 30.3 Å². The highest BCUT2D eigenvalue weighted by Crippen LogP contribution is 2.07. The molecule has 0 amide bonds. The van der Waals surface area contributed by atoms with Crippen molar-refractivity contribution in [3.05, 3.63) is 66.0 Å². The molecule has 2 aromatic carbocycles. The molecular formula is C17H17FO3. The van der Waals surface area contributed by atoms with E-state index in [9.17, 15) is 9.18 Å². The Hall–Kier alpha value is -2.20. The van der Waals surface area contributed by atoms with Crippen molar-refractivity contribution in [3.8, 4) is 5.75 Å². The molecule has 2 aromatic rings. The van der Waals surface area contributed by atoms with Crippen molar-refractivity contribution >= 4 is 5.78 Å². The van der Waals surface area contributed by atoms with Crippen LogP contribution in [0, 0.1) is 5.82 Å². The summed E-state index contributed by atoms with van der Waals surface area (Å²) < 4.78 is 23.4. The van der Waals surface area contributed by atoms with Gasteiger partial charge in [-0.05, 0) is 29.8 Å². The fraction of sp³-hybridized carbons (Fsp3) is 0.235. The van der Waals surface area contributed by atoms with E-state index >= 15 is 0 Å². The van der Waals surface area contributed by atoms with Gasteiger partial charge in [-0.3, -0.25) is 4.79 Å². The van der Waals surface area contributed by atoms with Gasteiger partial charge in [-0.1, -0.05) is 30.3 Å². The number of ketones is 1. The number of ether oxygens (including phenoxy) is 2. The summed E-state index contributed by atoms with van der Waals surface area (Å²) >= 11 is 0. The van der Waals surface area contributed by atoms with Gasteiger partial charge in [0, 0.05) is 6.42 Å². The predicted octanol–water partition coefficient (Wildman–Crippen LogP) is 3.03. The molecule has 0 atom stereocenters. The van der Waals surface area contributed by atoms with Gasteiger partial charge in [0.05, 0.1) is 6.61 Å². The average Bonchev–Trinajstić information content (AvgIpc) is 2.50. The summed E-state index contributed by atoms with van der Waals surface area (Å²) in [5.41, 5.74) is 0.783. The molecule has 110 valence electrons. The Kier molecular flexibility index (Phi) is 5.91. The number of hydrogen-bond donors (Lipinski definition) is 0. The van der Waals surface area contributed by atoms with E-state index in [2.05, 4.69) is 0 Å². The zero-order valence-electron chi connectivity index (χ0n) is 11.6. The van der Waals surface area contributed by atoms with Crippen LogP contribution in [0.1, 0.15) is 5.56 Å². The lowest BCUT2D eigenvalue weighted by Crippen LogP contribution is -2.15. The Balaban J connectivity index is 1.60. The first-order valence-electron chi connectivity index (χ1n) is 6.76. The third-order valence-corrected chi connectivity index (χ3v) is 2.82. The average molecular weight is 288 g/mol. The second kappa shape index (κ2) is 8.17. The minimum absolute atomic E-state index is 0.0372. The van der Waals surface area contributed by atoms with Crippen molar-refractivity contribution in [2.24, 2.45) is 0 Å². The molecule has 0 aliphatic rings. The number of rotatable bonds is 8. The van der Waals surface area contributed by atoms with Gasteiger partial charge >= 0.3 is 0 Å². The summed E-state index contributed by atoms with van der Waals surface area (Å²) in [4.78, 5) is 11.7. The first-order valence-corrected chi connectivity index (χ1v) is 6.76. The van der Waals surface area contributed by atoms with E-state index in [0.29, 0.717) is 13.2 Å². The van der Waals surface area contributed by atoms with Gasteiger partial charge < -0.3 is 9.47 Å². The molecule has 0 unspecified atom stereocenters. The van der Waals surface area contributed by atoms with E-state index in [1.54, 1.807) is 12.1 Å². The smallest absolute Gasteiger partial charge is 0.162 e. The molecule has 0 heterocycles. The van der Waals surface area contributed by atoms with Crippen LogP contribution in [-0.2, 0) is 16.0 Å². The highest BCUT2D eigenvalue weighted by Gasteiger charge is 2.04. The lowest BCUT2D eigenvalue weighted by molar-refractivity contribution is -0.123. The molecule has 0 fully saturated rings. The summed E-state index contributed by atoms with van der Waals surface area (Å²) in [7, 11) is 0. The number of halogens is 1. The number of carbonyl (C=O) groups is 1. The van der Waals surface area contributed by atoms with Gasteiger partial charge in [-0.25, -0.2) is 4.39 Å². The van der Waals surface area contributed by atoms with Crippen molar-refractivity contribution in [3.63, 3.8) is 0 Å². The van der Waals surface area contributed by atoms with E-state index in [-0.39, 0.29) is 24.6 Å². The Morgan fingerprint density at radius 3 is 2.38 bits per heavy atom. The van der Waals surface area contributed by atoms with Gasteiger partial charge in [-0.15, -0.1) is 0 Å². The van der Waals surface area contributed by atoms with E-state index in [0.717, 1.165) is 11.3 Å². The van der Waals surface area contributed by atoms with Crippen LogP contribution in [0.15, 0.2) is 54.6 Å². The third-order valence-electron chi connectivity index (χ3n) is 2.82. The van der Waals surface area contributed by atoms with Crippen LogP contribution in [0.3, 0.4) is 0 Å². The van der Waals surface area contributed by atoms with Gasteiger partial charge in [0.1, 0.15) is 24.8 Å². The molecule has 0 aromatic heterocycles. The molecule has 0 aliphatic carbocycles. The van der Waals surface area contributed by atoms with Gasteiger partial charge in [0.25, 0.3) is 0 Å². The summed E-state index contributed by atoms with van der Waals surface area (Å²) in [6.07, 6.45) is 0.250. The van der Waals surface area contributed by atoms with Crippen LogP contribution in [0.5, 0.6) is 5.75 Å². The molecule has 2 rings (SSSR count). The number of benzene rings is 2. The number of hydrogen-bond acceptors (Lipinski definition) is 3. The first kappa shape index (κ1) is 15.2. The molecular weight excluding hydrogens is 271 g/mol. The maximum absolute atomic E-state index is 12.7. The summed E-state index contributed by atoms with van der Waals surface area (Å²) in [5.74, 6) is 0.431. The van der Waals surface area contributed by atoms with Crippen LogP contribution < -0.4 is 4.74 Å². The lowest BCUT2D eigenvalue weighted by Gasteiger charge is -2.06. The zero-order chi connectivity index (χ0) is 14.9. The van der Waals surface area contributed by atoms with Gasteiger partial charge in [0.2, 0.25) is 0 Å². The van der Waals surface area contributed by atoms with E-state index < -0.39 is 0 Å². The number of para-hydroxylation sites is 1. The van der Waals surface area contributed by atoms with Crippen LogP contribution in [0.2, 0.25) is 0 Å². The SMILES string of the molecule is O=C(COCCOc1ccccc1)Cc1ccc(F)cc1. The van der Waals surface area contributed by atoms with Crippen molar-refractivity contribution < 1.29 is 18.7 Å². The maximum Gasteiger partial charge on any atom is 0.162 e. The van der Waals surface area contributed by atoms with E-state index in [1.165, 1.54) is 12.1 Å². The van der Waals surface area contributed by atoms with Crippen LogP contribution in [0.25, 0.3) is 0 Å². The molecule has 0 bridgehead atoms. The molecule has 21 heavy (non-hydrogen) atoms. The summed E-state index contributed by atoms with van der Waals surface area (Å²) in [6, 6.07) is 15.3. The topological polar surface area (TPSA) is 35.5 Å². The van der Waals surface area contributed by atoms with Crippen LogP contribution in [-0.4, -0.2) is 25.6 Å². The van der Waals surface area contributed by atoms with Crippen molar-refractivity contribution in [1.29, 1.82) is 0 Å². The zero-order valence-corrected chi connectivity index (χ0v) is 11.6. The molecule has 4 heteroatoms. The molecule has 0 aliphatic heterocycles. The number of carbonyl (C=O) groups excluding carboxylic acids is 1. The highest BCUT2D eigenvalue weighted by molar-refractivity contribution is 5.82. The minimum Gasteiger partial charge on any atom is -0.491 e. The summed E-state index contributed by atoms with van der Waals surface area (Å²) in [6.45, 7) is 0.785. The Morgan fingerprint density at radius 2 is 1.67 bits per heavy atom. The Bertz CT molecular complexity index is 552. The molecule has 0 radical (unpaired) electrons. The normalized spacial score (nSPS) is 10.3. The first-order chi connectivity index (χ1) is 10.2. The maximum atomic E-state index is 12.7. The van der Waals surface area contributed by atoms with Gasteiger partial charge in [-0.2, -0.15) is 0 Å². The largest absolute Gasteiger partial charge is 0.491 e. The fourth-order valence-electron chi connectivity index (χ4n) is 1.80. The van der Waals surface area contributed by atoms with Crippen LogP contribution >= 0.6 is 0 Å². The lowest BCUT2D eigenvalue weighted by atomic mass is 10.1. The van der Waals surface area contributed by atoms with Gasteiger partial charge in [0.15, 0.2) is 5.78 Å². The summed E-state index contributed by atoms with van der Waals surface area (Å²) in [5, 5.41) is 0.